The Morgan fingerprint density at radius 2 is 1.83 bits per heavy atom. The van der Waals surface area contributed by atoms with Crippen LogP contribution in [0, 0.1) is 13.8 Å². The SMILES string of the molecule is CCOC(=O)c1[nH]c(C)c(-c2ccnc(Nc3cc(OC)cc(OC)c3)n2)c1C. The number of esters is 1. The predicted octanol–water partition coefficient (Wildman–Crippen LogP) is 4.03. The number of aryl methyl sites for hydroxylation is 1. The fraction of sp³-hybridized carbons (Fsp3) is 0.286. The van der Waals surface area contributed by atoms with E-state index in [2.05, 4.69) is 20.3 Å². The largest absolute Gasteiger partial charge is 0.497 e. The molecule has 2 aromatic heterocycles. The highest BCUT2D eigenvalue weighted by molar-refractivity contribution is 5.92. The van der Waals surface area contributed by atoms with Gasteiger partial charge in [0.2, 0.25) is 5.95 Å². The summed E-state index contributed by atoms with van der Waals surface area (Å²) >= 11 is 0. The number of benzene rings is 1. The van der Waals surface area contributed by atoms with Gasteiger partial charge < -0.3 is 24.5 Å². The zero-order valence-electron chi connectivity index (χ0n) is 17.1. The van der Waals surface area contributed by atoms with Crippen LogP contribution < -0.4 is 14.8 Å². The number of hydrogen-bond donors (Lipinski definition) is 2. The number of H-pyrrole nitrogens is 1. The zero-order valence-corrected chi connectivity index (χ0v) is 17.1. The second kappa shape index (κ2) is 8.64. The Morgan fingerprint density at radius 3 is 2.45 bits per heavy atom. The van der Waals surface area contributed by atoms with Gasteiger partial charge in [-0.25, -0.2) is 14.8 Å². The van der Waals surface area contributed by atoms with Crippen LogP contribution >= 0.6 is 0 Å². The van der Waals surface area contributed by atoms with Crippen LogP contribution in [0.2, 0.25) is 0 Å². The van der Waals surface area contributed by atoms with Crippen LogP contribution in [0.5, 0.6) is 11.5 Å². The molecule has 0 saturated carbocycles. The molecule has 0 atom stereocenters. The Bertz CT molecular complexity index is 1010. The minimum atomic E-state index is -0.379. The molecular weight excluding hydrogens is 372 g/mol. The molecule has 2 heterocycles. The van der Waals surface area contributed by atoms with Crippen LogP contribution in [0.3, 0.4) is 0 Å². The van der Waals surface area contributed by atoms with Crippen molar-refractivity contribution in [2.45, 2.75) is 20.8 Å². The lowest BCUT2D eigenvalue weighted by Crippen LogP contribution is -2.06. The van der Waals surface area contributed by atoms with Crippen LogP contribution in [-0.4, -0.2) is 41.7 Å². The third kappa shape index (κ3) is 4.31. The highest BCUT2D eigenvalue weighted by Gasteiger charge is 2.20. The van der Waals surface area contributed by atoms with Crippen LogP contribution in [0.4, 0.5) is 11.6 Å². The second-order valence-corrected chi connectivity index (χ2v) is 6.34. The van der Waals surface area contributed by atoms with E-state index in [1.165, 1.54) is 0 Å². The summed E-state index contributed by atoms with van der Waals surface area (Å²) in [6.45, 7) is 5.86. The van der Waals surface area contributed by atoms with Crippen LogP contribution in [0.15, 0.2) is 30.5 Å². The summed E-state index contributed by atoms with van der Waals surface area (Å²) < 4.78 is 15.7. The molecule has 0 bridgehead atoms. The van der Waals surface area contributed by atoms with Crippen molar-refractivity contribution in [1.82, 2.24) is 15.0 Å². The smallest absolute Gasteiger partial charge is 0.355 e. The Hall–Kier alpha value is -3.55. The predicted molar refractivity (Wildman–Crippen MR) is 110 cm³/mol. The summed E-state index contributed by atoms with van der Waals surface area (Å²) in [7, 11) is 3.18. The van der Waals surface area contributed by atoms with Crippen molar-refractivity contribution in [2.24, 2.45) is 0 Å². The first-order valence-corrected chi connectivity index (χ1v) is 9.16. The molecule has 8 heteroatoms. The average molecular weight is 396 g/mol. The molecule has 0 aliphatic rings. The van der Waals surface area contributed by atoms with E-state index in [1.54, 1.807) is 39.5 Å². The van der Waals surface area contributed by atoms with E-state index < -0.39 is 0 Å². The van der Waals surface area contributed by atoms with Gasteiger partial charge in [0, 0.05) is 41.3 Å². The van der Waals surface area contributed by atoms with Crippen LogP contribution in [0.25, 0.3) is 11.3 Å². The number of aromatic amines is 1. The van der Waals surface area contributed by atoms with Gasteiger partial charge in [-0.3, -0.25) is 0 Å². The number of aromatic nitrogens is 3. The minimum Gasteiger partial charge on any atom is -0.497 e. The Balaban J connectivity index is 1.94. The average Bonchev–Trinajstić information content (AvgIpc) is 3.02. The summed E-state index contributed by atoms with van der Waals surface area (Å²) in [5, 5.41) is 3.17. The molecule has 0 saturated heterocycles. The molecule has 8 nitrogen and oxygen atoms in total. The lowest BCUT2D eigenvalue weighted by atomic mass is 10.1. The highest BCUT2D eigenvalue weighted by Crippen LogP contribution is 2.30. The van der Waals surface area contributed by atoms with Gasteiger partial charge in [0.15, 0.2) is 0 Å². The van der Waals surface area contributed by atoms with Gasteiger partial charge in [0.25, 0.3) is 0 Å². The van der Waals surface area contributed by atoms with E-state index in [9.17, 15) is 4.79 Å². The summed E-state index contributed by atoms with van der Waals surface area (Å²) in [4.78, 5) is 24.2. The maximum absolute atomic E-state index is 12.2. The van der Waals surface area contributed by atoms with Crippen molar-refractivity contribution < 1.29 is 19.0 Å². The van der Waals surface area contributed by atoms with E-state index in [4.69, 9.17) is 14.2 Å². The fourth-order valence-electron chi connectivity index (χ4n) is 3.11. The van der Waals surface area contributed by atoms with E-state index in [0.717, 1.165) is 22.5 Å². The minimum absolute atomic E-state index is 0.317. The first-order valence-electron chi connectivity index (χ1n) is 9.16. The zero-order chi connectivity index (χ0) is 21.0. The third-order valence-electron chi connectivity index (χ3n) is 4.44. The molecule has 0 radical (unpaired) electrons. The van der Waals surface area contributed by atoms with Gasteiger partial charge in [-0.2, -0.15) is 0 Å². The van der Waals surface area contributed by atoms with Gasteiger partial charge in [-0.05, 0) is 32.4 Å². The van der Waals surface area contributed by atoms with E-state index in [-0.39, 0.29) is 5.97 Å². The molecule has 0 amide bonds. The van der Waals surface area contributed by atoms with Crippen LogP contribution in [0.1, 0.15) is 28.7 Å². The number of rotatable bonds is 7. The normalized spacial score (nSPS) is 10.5. The van der Waals surface area contributed by atoms with Crippen molar-refractivity contribution in [3.63, 3.8) is 0 Å². The first-order chi connectivity index (χ1) is 14.0. The summed E-state index contributed by atoms with van der Waals surface area (Å²) in [6.07, 6.45) is 1.66. The number of ether oxygens (including phenoxy) is 3. The second-order valence-electron chi connectivity index (χ2n) is 6.34. The summed E-state index contributed by atoms with van der Waals surface area (Å²) in [5.74, 6) is 1.34. The fourth-order valence-corrected chi connectivity index (χ4v) is 3.11. The number of carbonyl (C=O) groups is 1. The van der Waals surface area contributed by atoms with Crippen molar-refractivity contribution in [3.8, 4) is 22.8 Å². The number of nitrogens with one attached hydrogen (secondary N) is 2. The number of hydrogen-bond acceptors (Lipinski definition) is 7. The lowest BCUT2D eigenvalue weighted by molar-refractivity contribution is 0.0519. The molecule has 2 N–H and O–H groups in total. The molecule has 0 unspecified atom stereocenters. The topological polar surface area (TPSA) is 98.4 Å². The molecule has 0 spiro atoms. The highest BCUT2D eigenvalue weighted by atomic mass is 16.5. The van der Waals surface area contributed by atoms with Gasteiger partial charge in [-0.15, -0.1) is 0 Å². The standard InChI is InChI=1S/C21H24N4O4/c1-6-29-20(26)19-12(2)18(13(3)23-19)17-7-8-22-21(25-17)24-14-9-15(27-4)11-16(10-14)28-5/h7-11,23H,6H2,1-5H3,(H,22,24,25). The van der Waals surface area contributed by atoms with Gasteiger partial charge in [0.05, 0.1) is 26.5 Å². The number of nitrogens with zero attached hydrogens (tertiary/aromatic N) is 2. The maximum Gasteiger partial charge on any atom is 0.355 e. The van der Waals surface area contributed by atoms with E-state index >= 15 is 0 Å². The molecule has 0 aliphatic heterocycles. The molecule has 152 valence electrons. The monoisotopic (exact) mass is 396 g/mol. The lowest BCUT2D eigenvalue weighted by Gasteiger charge is -2.10. The van der Waals surface area contributed by atoms with Crippen molar-refractivity contribution >= 4 is 17.6 Å². The molecular formula is C21H24N4O4. The maximum atomic E-state index is 12.2. The first kappa shape index (κ1) is 20.2. The van der Waals surface area contributed by atoms with Gasteiger partial charge >= 0.3 is 5.97 Å². The van der Waals surface area contributed by atoms with E-state index in [0.29, 0.717) is 35.4 Å². The van der Waals surface area contributed by atoms with Crippen LogP contribution in [-0.2, 0) is 4.74 Å². The third-order valence-corrected chi connectivity index (χ3v) is 4.44. The number of anilines is 2. The Kier molecular flexibility index (Phi) is 6.01. The van der Waals surface area contributed by atoms with Crippen molar-refractivity contribution in [3.05, 3.63) is 47.4 Å². The molecule has 3 aromatic rings. The van der Waals surface area contributed by atoms with E-state index in [1.807, 2.05) is 26.0 Å². The van der Waals surface area contributed by atoms with Gasteiger partial charge in [0.1, 0.15) is 17.2 Å². The molecule has 0 fully saturated rings. The summed E-state index contributed by atoms with van der Waals surface area (Å²) in [6, 6.07) is 7.23. The molecule has 0 aliphatic carbocycles. The number of methoxy groups -OCH3 is 2. The number of carbonyl (C=O) groups excluding carboxylic acids is 1. The van der Waals surface area contributed by atoms with Crippen molar-refractivity contribution in [2.75, 3.05) is 26.1 Å². The quantitative estimate of drug-likeness (QED) is 0.582. The summed E-state index contributed by atoms with van der Waals surface area (Å²) in [5.41, 5.74) is 4.32. The molecule has 1 aromatic carbocycles. The molecule has 29 heavy (non-hydrogen) atoms. The Morgan fingerprint density at radius 1 is 1.14 bits per heavy atom. The Labute approximate surface area is 169 Å². The molecule has 3 rings (SSSR count). The van der Waals surface area contributed by atoms with Gasteiger partial charge in [-0.1, -0.05) is 0 Å². The van der Waals surface area contributed by atoms with Crippen molar-refractivity contribution in [1.29, 1.82) is 0 Å².